The second-order valence-electron chi connectivity index (χ2n) is 4.51. The van der Waals surface area contributed by atoms with Gasteiger partial charge in [-0.05, 0) is 10.4 Å². The van der Waals surface area contributed by atoms with Crippen LogP contribution in [-0.2, 0) is 5.54 Å². The smallest absolute Gasteiger partial charge is 0.264 e. The molecule has 2 heterocycles. The maximum absolute atomic E-state index is 11.1. The Morgan fingerprint density at radius 3 is 2.14 bits per heavy atom. The Labute approximate surface area is 114 Å². The Kier molecular flexibility index (Phi) is 2.96. The first-order valence-corrected chi connectivity index (χ1v) is 5.36. The highest BCUT2D eigenvalue weighted by atomic mass is 16.6. The fraction of sp³-hybridized carbons (Fsp3) is 0.375. The minimum Gasteiger partial charge on any atom is -0.264 e. The highest BCUT2D eigenvalue weighted by Gasteiger charge is 2.45. The molecule has 0 aliphatic rings. The molecular formula is C8H7N7O6. The molecule has 2 aromatic rings. The van der Waals surface area contributed by atoms with E-state index in [1.54, 1.807) is 0 Å². The van der Waals surface area contributed by atoms with Gasteiger partial charge in [0.25, 0.3) is 11.2 Å². The van der Waals surface area contributed by atoms with E-state index in [-0.39, 0.29) is 0 Å². The molecule has 0 amide bonds. The Morgan fingerprint density at radius 2 is 1.67 bits per heavy atom. The molecule has 0 radical (unpaired) electrons. The monoisotopic (exact) mass is 297 g/mol. The predicted octanol–water partition coefficient (Wildman–Crippen LogP) is 0.452. The van der Waals surface area contributed by atoms with Crippen molar-refractivity contribution in [1.82, 2.24) is 20.0 Å². The van der Waals surface area contributed by atoms with Crippen LogP contribution in [0.4, 0.5) is 11.4 Å². The number of tetrazole rings is 1. The van der Waals surface area contributed by atoms with Gasteiger partial charge in [-0.15, -0.1) is 5.10 Å². The summed E-state index contributed by atoms with van der Waals surface area (Å²) in [5.74, 6) is 0. The van der Waals surface area contributed by atoms with Gasteiger partial charge in [0.05, 0.1) is 9.85 Å². The van der Waals surface area contributed by atoms with E-state index in [9.17, 15) is 30.3 Å². The fourth-order valence-corrected chi connectivity index (χ4v) is 1.80. The van der Waals surface area contributed by atoms with Crippen molar-refractivity contribution in [2.75, 3.05) is 0 Å². The molecule has 0 unspecified atom stereocenters. The first kappa shape index (κ1) is 14.2. The molecule has 13 heteroatoms. The number of hydrogen-bond donors (Lipinski definition) is 0. The minimum absolute atomic E-state index is 0.407. The standard InChI is InChI=1S/C8H7N7O6/c1-8(2,15(20)21)6-4(13(16)17)3-5(14(18)19)7-9-10-11-12(6)7/h3H,1-2H3. The number of aromatic nitrogens is 4. The Balaban J connectivity index is 2.99. The molecule has 0 aliphatic carbocycles. The van der Waals surface area contributed by atoms with Crippen molar-refractivity contribution >= 4 is 17.0 Å². The average Bonchev–Trinajstić information content (AvgIpc) is 2.84. The highest BCUT2D eigenvalue weighted by Crippen LogP contribution is 2.35. The molecule has 110 valence electrons. The normalized spacial score (nSPS) is 11.5. The molecule has 13 nitrogen and oxygen atoms in total. The van der Waals surface area contributed by atoms with Crippen molar-refractivity contribution < 1.29 is 14.8 Å². The second kappa shape index (κ2) is 4.39. The maximum Gasteiger partial charge on any atom is 0.322 e. The van der Waals surface area contributed by atoms with Crippen LogP contribution in [0, 0.1) is 30.3 Å². The van der Waals surface area contributed by atoms with Gasteiger partial charge in [-0.25, -0.2) is 0 Å². The summed E-state index contributed by atoms with van der Waals surface area (Å²) < 4.78 is 0.652. The molecular weight excluding hydrogens is 290 g/mol. The van der Waals surface area contributed by atoms with Gasteiger partial charge in [-0.1, -0.05) is 0 Å². The molecule has 0 N–H and O–H groups in total. The average molecular weight is 297 g/mol. The van der Waals surface area contributed by atoms with Gasteiger partial charge in [-0.2, -0.15) is 4.52 Å². The quantitative estimate of drug-likeness (QED) is 0.573. The topological polar surface area (TPSA) is 172 Å². The first-order chi connectivity index (χ1) is 9.67. The summed E-state index contributed by atoms with van der Waals surface area (Å²) in [6, 6.07) is 0.617. The third-order valence-corrected chi connectivity index (χ3v) is 2.86. The Bertz CT molecular complexity index is 781. The van der Waals surface area contributed by atoms with Gasteiger partial charge in [0.2, 0.25) is 0 Å². The maximum atomic E-state index is 11.1. The van der Waals surface area contributed by atoms with E-state index in [0.717, 1.165) is 13.8 Å². The van der Waals surface area contributed by atoms with Crippen molar-refractivity contribution in [2.24, 2.45) is 0 Å². The summed E-state index contributed by atoms with van der Waals surface area (Å²) in [7, 11) is 0. The number of nitrogens with zero attached hydrogens (tertiary/aromatic N) is 7. The van der Waals surface area contributed by atoms with Crippen LogP contribution in [-0.4, -0.2) is 34.8 Å². The van der Waals surface area contributed by atoms with E-state index in [1.165, 1.54) is 0 Å². The van der Waals surface area contributed by atoms with Gasteiger partial charge in [0.1, 0.15) is 6.07 Å². The molecule has 2 aromatic heterocycles. The van der Waals surface area contributed by atoms with Crippen molar-refractivity contribution in [1.29, 1.82) is 0 Å². The molecule has 21 heavy (non-hydrogen) atoms. The number of rotatable bonds is 4. The summed E-state index contributed by atoms with van der Waals surface area (Å²) >= 11 is 0. The second-order valence-corrected chi connectivity index (χ2v) is 4.51. The zero-order valence-electron chi connectivity index (χ0n) is 10.7. The van der Waals surface area contributed by atoms with Crippen LogP contribution >= 0.6 is 0 Å². The molecule has 0 bridgehead atoms. The third-order valence-electron chi connectivity index (χ3n) is 2.86. The molecule has 0 spiro atoms. The van der Waals surface area contributed by atoms with Crippen LogP contribution in [0.5, 0.6) is 0 Å². The van der Waals surface area contributed by atoms with Crippen LogP contribution in [0.1, 0.15) is 19.5 Å². The lowest BCUT2D eigenvalue weighted by Crippen LogP contribution is -2.32. The number of hydrogen-bond acceptors (Lipinski definition) is 9. The van der Waals surface area contributed by atoms with Crippen LogP contribution < -0.4 is 0 Å². The molecule has 0 saturated heterocycles. The molecule has 0 fully saturated rings. The number of nitro groups is 3. The lowest BCUT2D eigenvalue weighted by molar-refractivity contribution is -0.572. The zero-order chi connectivity index (χ0) is 15.9. The lowest BCUT2D eigenvalue weighted by atomic mass is 9.99. The number of fused-ring (bicyclic) bond motifs is 1. The first-order valence-electron chi connectivity index (χ1n) is 5.36. The van der Waals surface area contributed by atoms with Crippen LogP contribution in [0.25, 0.3) is 5.65 Å². The molecule has 2 rings (SSSR count). The van der Waals surface area contributed by atoms with Crippen molar-refractivity contribution in [2.45, 2.75) is 19.4 Å². The van der Waals surface area contributed by atoms with Crippen molar-refractivity contribution in [3.63, 3.8) is 0 Å². The van der Waals surface area contributed by atoms with E-state index < -0.39 is 43.0 Å². The van der Waals surface area contributed by atoms with Crippen LogP contribution in [0.2, 0.25) is 0 Å². The predicted molar refractivity (Wildman–Crippen MR) is 64.1 cm³/mol. The van der Waals surface area contributed by atoms with Crippen LogP contribution in [0.3, 0.4) is 0 Å². The van der Waals surface area contributed by atoms with Gasteiger partial charge in [0.15, 0.2) is 5.69 Å². The largest absolute Gasteiger partial charge is 0.322 e. The number of pyridine rings is 1. The molecule has 0 saturated carbocycles. The summed E-state index contributed by atoms with van der Waals surface area (Å²) in [5.41, 5.74) is -4.30. The van der Waals surface area contributed by atoms with Crippen molar-refractivity contribution in [3.05, 3.63) is 42.1 Å². The van der Waals surface area contributed by atoms with E-state index in [1.807, 2.05) is 0 Å². The third kappa shape index (κ3) is 1.99. The fourth-order valence-electron chi connectivity index (χ4n) is 1.80. The summed E-state index contributed by atoms with van der Waals surface area (Å²) in [6.07, 6.45) is 0. The van der Waals surface area contributed by atoms with E-state index >= 15 is 0 Å². The van der Waals surface area contributed by atoms with Gasteiger partial charge in [0, 0.05) is 18.8 Å². The summed E-state index contributed by atoms with van der Waals surface area (Å²) in [4.78, 5) is 30.6. The molecule has 0 atom stereocenters. The lowest BCUT2D eigenvalue weighted by Gasteiger charge is -2.16. The van der Waals surface area contributed by atoms with Crippen molar-refractivity contribution in [3.8, 4) is 0 Å². The zero-order valence-corrected chi connectivity index (χ0v) is 10.7. The SMILES string of the molecule is CC(C)(c1c([N+](=O)[O-])cc([N+](=O)[O-])c2nnnn12)[N+](=O)[O-]. The van der Waals surface area contributed by atoms with Crippen LogP contribution in [0.15, 0.2) is 6.07 Å². The van der Waals surface area contributed by atoms with Gasteiger partial charge in [-0.3, -0.25) is 30.3 Å². The highest BCUT2D eigenvalue weighted by molar-refractivity contribution is 5.64. The summed E-state index contributed by atoms with van der Waals surface area (Å²) in [5, 5.41) is 43.2. The Morgan fingerprint density at radius 1 is 1.10 bits per heavy atom. The van der Waals surface area contributed by atoms with E-state index in [4.69, 9.17) is 0 Å². The van der Waals surface area contributed by atoms with E-state index in [0.29, 0.717) is 10.6 Å². The van der Waals surface area contributed by atoms with E-state index in [2.05, 4.69) is 15.5 Å². The minimum atomic E-state index is -1.93. The Hall–Kier alpha value is -3.25. The molecule has 0 aliphatic heterocycles. The summed E-state index contributed by atoms with van der Waals surface area (Å²) in [6.45, 7) is 2.23. The van der Waals surface area contributed by atoms with Gasteiger partial charge < -0.3 is 0 Å². The molecule has 0 aromatic carbocycles. The van der Waals surface area contributed by atoms with Gasteiger partial charge >= 0.3 is 11.4 Å².